The highest BCUT2D eigenvalue weighted by Gasteiger charge is 2.24. The van der Waals surface area contributed by atoms with E-state index in [1.165, 1.54) is 0 Å². The molecule has 0 aromatic heterocycles. The van der Waals surface area contributed by atoms with Crippen molar-refractivity contribution < 1.29 is 9.84 Å². The molecule has 1 N–H and O–H groups in total. The predicted octanol–water partition coefficient (Wildman–Crippen LogP) is 1.87. The molecule has 3 heteroatoms. The molecule has 2 rings (SSSR count). The third-order valence-electron chi connectivity index (χ3n) is 2.38. The van der Waals surface area contributed by atoms with Gasteiger partial charge in [-0.05, 0) is 19.4 Å². The van der Waals surface area contributed by atoms with Crippen molar-refractivity contribution in [3.8, 4) is 0 Å². The van der Waals surface area contributed by atoms with Gasteiger partial charge in [0.15, 0.2) is 0 Å². The first kappa shape index (κ1) is 9.34. The summed E-state index contributed by atoms with van der Waals surface area (Å²) < 4.78 is 5.43. The monoisotopic (exact) mass is 192 g/mol. The number of nitrogens with zero attached hydrogens (tertiary/aromatic N) is 1. The third kappa shape index (κ3) is 1.68. The lowest BCUT2D eigenvalue weighted by atomic mass is 10.0. The van der Waals surface area contributed by atoms with Gasteiger partial charge in [0.1, 0.15) is 0 Å². The van der Waals surface area contributed by atoms with Crippen LogP contribution in [0.3, 0.4) is 0 Å². The van der Waals surface area contributed by atoms with Gasteiger partial charge in [-0.3, -0.25) is 0 Å². The van der Waals surface area contributed by atoms with Crippen LogP contribution in [0.25, 0.3) is 5.32 Å². The molecule has 0 aromatic rings. The maximum atomic E-state index is 9.75. The van der Waals surface area contributed by atoms with Crippen LogP contribution in [0, 0.1) is 0 Å². The molecule has 0 amide bonds. The lowest BCUT2D eigenvalue weighted by Gasteiger charge is -2.33. The molecule has 1 saturated heterocycles. The summed E-state index contributed by atoms with van der Waals surface area (Å²) in [5, 5.41) is 14.1. The first-order valence-electron chi connectivity index (χ1n) is 4.72. The van der Waals surface area contributed by atoms with E-state index in [0.29, 0.717) is 12.5 Å². The largest absolute Gasteiger partial charge is 0.646 e. The van der Waals surface area contributed by atoms with E-state index in [4.69, 9.17) is 4.74 Å². The lowest BCUT2D eigenvalue weighted by molar-refractivity contribution is 0.0527. The van der Waals surface area contributed by atoms with Gasteiger partial charge in [-0.2, -0.15) is 0 Å². The zero-order valence-corrected chi connectivity index (χ0v) is 8.40. The SMILES string of the molecule is CC(C)(O)[C@@H]1COC(=C2C=CC=C2)[N-]1. The third-order valence-corrected chi connectivity index (χ3v) is 2.38. The molecular formula is C11H14NO2-. The van der Waals surface area contributed by atoms with E-state index < -0.39 is 5.60 Å². The van der Waals surface area contributed by atoms with Crippen molar-refractivity contribution in [2.75, 3.05) is 6.61 Å². The van der Waals surface area contributed by atoms with Gasteiger partial charge in [0.25, 0.3) is 0 Å². The van der Waals surface area contributed by atoms with Crippen molar-refractivity contribution in [3.05, 3.63) is 41.1 Å². The molecule has 0 saturated carbocycles. The van der Waals surface area contributed by atoms with Crippen molar-refractivity contribution in [2.45, 2.75) is 25.5 Å². The summed E-state index contributed by atoms with van der Waals surface area (Å²) in [7, 11) is 0. The van der Waals surface area contributed by atoms with E-state index in [1.54, 1.807) is 13.8 Å². The molecule has 0 spiro atoms. The average molecular weight is 192 g/mol. The number of ether oxygens (including phenoxy) is 1. The Labute approximate surface area is 83.8 Å². The van der Waals surface area contributed by atoms with Crippen LogP contribution >= 0.6 is 0 Å². The Morgan fingerprint density at radius 2 is 2.07 bits per heavy atom. The number of hydrogen-bond acceptors (Lipinski definition) is 2. The second kappa shape index (κ2) is 3.17. The summed E-state index contributed by atoms with van der Waals surface area (Å²) in [5.74, 6) is 0.641. The zero-order chi connectivity index (χ0) is 10.2. The second-order valence-electron chi connectivity index (χ2n) is 4.09. The fourth-order valence-electron chi connectivity index (χ4n) is 1.41. The Hall–Kier alpha value is -1.22. The highest BCUT2D eigenvalue weighted by Crippen LogP contribution is 2.32. The molecule has 1 aliphatic heterocycles. The maximum Gasteiger partial charge on any atom is 0.0750 e. The molecule has 2 aliphatic rings. The van der Waals surface area contributed by atoms with E-state index in [0.717, 1.165) is 5.57 Å². The van der Waals surface area contributed by atoms with Gasteiger partial charge in [0, 0.05) is 11.5 Å². The molecule has 14 heavy (non-hydrogen) atoms. The van der Waals surface area contributed by atoms with Crippen LogP contribution in [0.5, 0.6) is 0 Å². The Morgan fingerprint density at radius 3 is 2.57 bits per heavy atom. The summed E-state index contributed by atoms with van der Waals surface area (Å²) >= 11 is 0. The molecule has 76 valence electrons. The molecule has 0 aromatic carbocycles. The van der Waals surface area contributed by atoms with Gasteiger partial charge in [-0.1, -0.05) is 30.3 Å². The van der Waals surface area contributed by atoms with Crippen LogP contribution in [0.2, 0.25) is 0 Å². The van der Waals surface area contributed by atoms with Gasteiger partial charge in [-0.15, -0.1) is 0 Å². The summed E-state index contributed by atoms with van der Waals surface area (Å²) in [5.41, 5.74) is 0.172. The Balaban J connectivity index is 2.12. The Morgan fingerprint density at radius 1 is 1.43 bits per heavy atom. The summed E-state index contributed by atoms with van der Waals surface area (Å²) in [4.78, 5) is 0. The van der Waals surface area contributed by atoms with E-state index in [9.17, 15) is 5.11 Å². The van der Waals surface area contributed by atoms with Gasteiger partial charge in [0.05, 0.1) is 6.61 Å². The summed E-state index contributed by atoms with van der Waals surface area (Å²) in [6, 6.07) is -0.160. The van der Waals surface area contributed by atoms with Crippen molar-refractivity contribution in [1.29, 1.82) is 0 Å². The topological polar surface area (TPSA) is 43.6 Å². The molecule has 1 heterocycles. The molecule has 1 aliphatic carbocycles. The molecule has 1 fully saturated rings. The summed E-state index contributed by atoms with van der Waals surface area (Å²) in [6.07, 6.45) is 7.79. The first-order chi connectivity index (χ1) is 6.57. The standard InChI is InChI=1S/C11H14NO2/c1-11(2,13)9-7-14-10(12-9)8-5-3-4-6-8/h3-6,9,13H,7H2,1-2H3/q-1/t9-/m0/s1. The molecule has 0 unspecified atom stereocenters. The minimum atomic E-state index is -0.811. The first-order valence-corrected chi connectivity index (χ1v) is 4.72. The minimum Gasteiger partial charge on any atom is -0.646 e. The zero-order valence-electron chi connectivity index (χ0n) is 8.40. The highest BCUT2D eigenvalue weighted by atomic mass is 16.5. The van der Waals surface area contributed by atoms with E-state index in [2.05, 4.69) is 5.32 Å². The molecule has 1 atom stereocenters. The Bertz CT molecular complexity index is 307. The molecule has 0 bridgehead atoms. The van der Waals surface area contributed by atoms with E-state index in [-0.39, 0.29) is 6.04 Å². The number of aliphatic hydroxyl groups is 1. The predicted molar refractivity (Wildman–Crippen MR) is 54.7 cm³/mol. The fourth-order valence-corrected chi connectivity index (χ4v) is 1.41. The van der Waals surface area contributed by atoms with Crippen LogP contribution in [-0.2, 0) is 4.74 Å². The number of hydrogen-bond donors (Lipinski definition) is 1. The van der Waals surface area contributed by atoms with Crippen LogP contribution in [0.4, 0.5) is 0 Å². The van der Waals surface area contributed by atoms with Crippen LogP contribution < -0.4 is 0 Å². The van der Waals surface area contributed by atoms with Gasteiger partial charge in [-0.25, -0.2) is 0 Å². The fraction of sp³-hybridized carbons (Fsp3) is 0.455. The van der Waals surface area contributed by atoms with Crippen LogP contribution in [-0.4, -0.2) is 23.4 Å². The van der Waals surface area contributed by atoms with Crippen molar-refractivity contribution >= 4 is 0 Å². The minimum absolute atomic E-state index is 0.160. The van der Waals surface area contributed by atoms with Gasteiger partial charge < -0.3 is 15.2 Å². The molecule has 3 nitrogen and oxygen atoms in total. The maximum absolute atomic E-state index is 9.75. The average Bonchev–Trinajstić information content (AvgIpc) is 2.73. The van der Waals surface area contributed by atoms with Gasteiger partial charge in [0.2, 0.25) is 0 Å². The quantitative estimate of drug-likeness (QED) is 0.689. The van der Waals surface area contributed by atoms with E-state index >= 15 is 0 Å². The summed E-state index contributed by atoms with van der Waals surface area (Å²) in [6.45, 7) is 3.96. The number of rotatable bonds is 1. The van der Waals surface area contributed by atoms with Crippen LogP contribution in [0.1, 0.15) is 13.8 Å². The number of allylic oxidation sites excluding steroid dienone is 5. The lowest BCUT2D eigenvalue weighted by Crippen LogP contribution is -2.35. The van der Waals surface area contributed by atoms with Gasteiger partial charge >= 0.3 is 0 Å². The highest BCUT2D eigenvalue weighted by molar-refractivity contribution is 5.46. The van der Waals surface area contributed by atoms with Crippen molar-refractivity contribution in [3.63, 3.8) is 0 Å². The second-order valence-corrected chi connectivity index (χ2v) is 4.09. The molecular weight excluding hydrogens is 178 g/mol. The van der Waals surface area contributed by atoms with E-state index in [1.807, 2.05) is 24.3 Å². The normalized spacial score (nSPS) is 25.5. The Kier molecular flexibility index (Phi) is 2.11. The smallest absolute Gasteiger partial charge is 0.0750 e. The van der Waals surface area contributed by atoms with Crippen molar-refractivity contribution in [2.24, 2.45) is 0 Å². The van der Waals surface area contributed by atoms with Crippen molar-refractivity contribution in [1.82, 2.24) is 0 Å². The van der Waals surface area contributed by atoms with Crippen LogP contribution in [0.15, 0.2) is 35.8 Å². The molecule has 0 radical (unpaired) electrons.